The molecular formula is C29H33F3N6O4S. The molecule has 1 aromatic heterocycles. The molecular weight excluding hydrogens is 585 g/mol. The van der Waals surface area contributed by atoms with Crippen molar-refractivity contribution in [2.75, 3.05) is 32.4 Å². The average molecular weight is 619 g/mol. The van der Waals surface area contributed by atoms with Crippen LogP contribution in [0.1, 0.15) is 41.1 Å². The van der Waals surface area contributed by atoms with E-state index in [4.69, 9.17) is 5.10 Å². The molecule has 0 bridgehead atoms. The maximum atomic E-state index is 13.1. The fourth-order valence-corrected chi connectivity index (χ4v) is 7.09. The second-order valence-corrected chi connectivity index (χ2v) is 13.4. The summed E-state index contributed by atoms with van der Waals surface area (Å²) in [7, 11) is -3.49. The smallest absolute Gasteiger partial charge is 0.416 e. The summed E-state index contributed by atoms with van der Waals surface area (Å²) in [5, 5.41) is 25.8. The minimum absolute atomic E-state index is 0.0652. The number of nitrogens with zero attached hydrogens (tertiary/aromatic N) is 6. The number of halogens is 3. The van der Waals surface area contributed by atoms with Gasteiger partial charge in [0.15, 0.2) is 5.82 Å². The van der Waals surface area contributed by atoms with Crippen LogP contribution in [-0.4, -0.2) is 86.0 Å². The SMILES string of the molecule is CS(=O)(=O)N1CCc2c(c(-c3ccc(C(F)(F)F)cc3)nn2CC(O)CN2CCC(c3cnc4n(O)cccc3-4)CC2)C1. The van der Waals surface area contributed by atoms with Crippen molar-refractivity contribution in [1.29, 1.82) is 0 Å². The number of aliphatic hydroxyl groups excluding tert-OH is 1. The highest BCUT2D eigenvalue weighted by atomic mass is 32.2. The number of hydrogen-bond donors (Lipinski definition) is 2. The summed E-state index contributed by atoms with van der Waals surface area (Å²) in [6.07, 6.45) is 1.41. The van der Waals surface area contributed by atoms with Gasteiger partial charge in [0, 0.05) is 60.8 Å². The number of alkyl halides is 3. The van der Waals surface area contributed by atoms with Gasteiger partial charge in [0.2, 0.25) is 10.0 Å². The number of likely N-dealkylation sites (tertiary alicyclic amines) is 1. The molecule has 2 aromatic rings. The summed E-state index contributed by atoms with van der Waals surface area (Å²) in [5.41, 5.74) is 3.57. The number of rotatable bonds is 7. The minimum atomic E-state index is -4.47. The highest BCUT2D eigenvalue weighted by Gasteiger charge is 2.33. The van der Waals surface area contributed by atoms with Gasteiger partial charge < -0.3 is 15.2 Å². The van der Waals surface area contributed by atoms with Crippen molar-refractivity contribution < 1.29 is 31.9 Å². The Hall–Kier alpha value is -3.46. The number of β-amino-alcohol motifs (C(OH)–C–C–N with tert-alkyl or cyclic N) is 1. The Morgan fingerprint density at radius 2 is 1.79 bits per heavy atom. The number of aliphatic hydroxyl groups is 1. The maximum absolute atomic E-state index is 13.1. The topological polar surface area (TPSA) is 117 Å². The molecule has 4 aliphatic rings. The zero-order chi connectivity index (χ0) is 30.5. The number of sulfonamides is 1. The predicted octanol–water partition coefficient (Wildman–Crippen LogP) is 3.67. The van der Waals surface area contributed by atoms with Crippen molar-refractivity contribution in [2.24, 2.45) is 0 Å². The summed E-state index contributed by atoms with van der Waals surface area (Å²) < 4.78 is 68.1. The minimum Gasteiger partial charge on any atom is -0.427 e. The Balaban J connectivity index is 1.16. The lowest BCUT2D eigenvalue weighted by atomic mass is 9.88. The largest absolute Gasteiger partial charge is 0.427 e. The van der Waals surface area contributed by atoms with E-state index in [2.05, 4.69) is 9.88 Å². The number of fused-ring (bicyclic) bond motifs is 2. The molecule has 4 aliphatic heterocycles. The first-order valence-electron chi connectivity index (χ1n) is 14.2. The van der Waals surface area contributed by atoms with E-state index in [1.165, 1.54) is 16.4 Å². The molecule has 1 fully saturated rings. The Morgan fingerprint density at radius 1 is 1.07 bits per heavy atom. The van der Waals surface area contributed by atoms with Gasteiger partial charge in [-0.05, 0) is 61.7 Å². The molecule has 10 nitrogen and oxygen atoms in total. The van der Waals surface area contributed by atoms with Gasteiger partial charge in [-0.15, -0.1) is 0 Å². The first-order valence-corrected chi connectivity index (χ1v) is 16.0. The van der Waals surface area contributed by atoms with Crippen LogP contribution in [-0.2, 0) is 35.7 Å². The van der Waals surface area contributed by atoms with Crippen molar-refractivity contribution in [3.63, 3.8) is 0 Å². The summed E-state index contributed by atoms with van der Waals surface area (Å²) in [4.78, 5) is 6.56. The van der Waals surface area contributed by atoms with Crippen LogP contribution < -0.4 is 0 Å². The van der Waals surface area contributed by atoms with Crippen LogP contribution >= 0.6 is 0 Å². The molecule has 0 amide bonds. The van der Waals surface area contributed by atoms with Crippen molar-refractivity contribution >= 4 is 10.0 Å². The molecule has 2 N–H and O–H groups in total. The third-order valence-electron chi connectivity index (χ3n) is 8.52. The molecule has 1 unspecified atom stereocenters. The Labute approximate surface area is 247 Å². The Kier molecular flexibility index (Phi) is 7.73. The fraction of sp³-hybridized carbons (Fsp3) is 0.448. The van der Waals surface area contributed by atoms with Gasteiger partial charge in [0.05, 0.1) is 30.2 Å². The first-order chi connectivity index (χ1) is 20.4. The van der Waals surface area contributed by atoms with Crippen molar-refractivity contribution in [1.82, 2.24) is 28.7 Å². The number of pyridine rings is 1. The lowest BCUT2D eigenvalue weighted by Crippen LogP contribution is -2.40. The number of aromatic nitrogens is 4. The fourth-order valence-electron chi connectivity index (χ4n) is 6.30. The van der Waals surface area contributed by atoms with Gasteiger partial charge in [0.1, 0.15) is 0 Å². The molecule has 1 aromatic carbocycles. The van der Waals surface area contributed by atoms with E-state index in [1.54, 1.807) is 16.9 Å². The lowest BCUT2D eigenvalue weighted by molar-refractivity contribution is -0.137. The van der Waals surface area contributed by atoms with Crippen LogP contribution in [0.25, 0.3) is 22.6 Å². The van der Waals surface area contributed by atoms with E-state index >= 15 is 0 Å². The van der Waals surface area contributed by atoms with Crippen LogP contribution in [0.3, 0.4) is 0 Å². The van der Waals surface area contributed by atoms with E-state index in [1.807, 2.05) is 12.3 Å². The zero-order valence-corrected chi connectivity index (χ0v) is 24.4. The van der Waals surface area contributed by atoms with E-state index in [0.717, 1.165) is 65.9 Å². The number of hydrogen-bond acceptors (Lipinski definition) is 7. The van der Waals surface area contributed by atoms with Gasteiger partial charge in [0.25, 0.3) is 0 Å². The quantitative estimate of drug-likeness (QED) is 0.304. The number of benzene rings is 1. The van der Waals surface area contributed by atoms with Gasteiger partial charge in [-0.1, -0.05) is 12.1 Å². The monoisotopic (exact) mass is 618 g/mol. The molecule has 43 heavy (non-hydrogen) atoms. The van der Waals surface area contributed by atoms with Gasteiger partial charge >= 0.3 is 6.18 Å². The standard InChI is InChI=1S/C29H33F3N6O4S/c1-43(41,42)36-14-10-26-25(18-36)27(20-4-6-21(7-5-20)29(30,31)32)34-37(26)17-22(39)16-35-12-8-19(9-13-35)24-15-33-28-23(24)3-2-11-38(28)40/h2-7,11,15,19,22,39-40H,8-10,12-14,16-18H2,1H3. The first kappa shape index (κ1) is 29.6. The highest BCUT2D eigenvalue weighted by Crippen LogP contribution is 2.37. The molecule has 230 valence electrons. The van der Waals surface area contributed by atoms with Gasteiger partial charge in [-0.3, -0.25) is 4.68 Å². The summed E-state index contributed by atoms with van der Waals surface area (Å²) in [5.74, 6) is 0.830. The normalized spacial score (nSPS) is 18.3. The van der Waals surface area contributed by atoms with Crippen molar-refractivity contribution in [2.45, 2.75) is 50.6 Å². The molecule has 0 saturated carbocycles. The summed E-state index contributed by atoms with van der Waals surface area (Å²) in [6.45, 7) is 2.47. The van der Waals surface area contributed by atoms with Crippen LogP contribution in [0, 0.1) is 0 Å². The second kappa shape index (κ2) is 11.2. The Bertz CT molecular complexity index is 1680. The van der Waals surface area contributed by atoms with E-state index < -0.39 is 27.9 Å². The van der Waals surface area contributed by atoms with Gasteiger partial charge in [-0.2, -0.15) is 27.3 Å². The third kappa shape index (κ3) is 6.01. The Morgan fingerprint density at radius 3 is 2.47 bits per heavy atom. The van der Waals surface area contributed by atoms with Crippen LogP contribution in [0.4, 0.5) is 13.2 Å². The van der Waals surface area contributed by atoms with Crippen molar-refractivity contribution in [3.8, 4) is 22.6 Å². The predicted molar refractivity (Wildman–Crippen MR) is 152 cm³/mol. The highest BCUT2D eigenvalue weighted by molar-refractivity contribution is 7.88. The number of piperidine rings is 1. The summed E-state index contributed by atoms with van der Waals surface area (Å²) in [6, 6.07) is 8.43. The molecule has 14 heteroatoms. The van der Waals surface area contributed by atoms with Crippen molar-refractivity contribution in [3.05, 3.63) is 71.2 Å². The molecule has 0 aliphatic carbocycles. The second-order valence-electron chi connectivity index (χ2n) is 11.4. The third-order valence-corrected chi connectivity index (χ3v) is 9.77. The molecule has 0 spiro atoms. The summed E-state index contributed by atoms with van der Waals surface area (Å²) >= 11 is 0. The molecule has 5 heterocycles. The molecule has 1 atom stereocenters. The average Bonchev–Trinajstić information content (AvgIpc) is 3.55. The zero-order valence-electron chi connectivity index (χ0n) is 23.6. The van der Waals surface area contributed by atoms with Crippen LogP contribution in [0.5, 0.6) is 0 Å². The van der Waals surface area contributed by atoms with E-state index in [-0.39, 0.29) is 19.6 Å². The molecule has 6 rings (SSSR count). The molecule has 0 radical (unpaired) electrons. The lowest BCUT2D eigenvalue weighted by Gasteiger charge is -2.33. The maximum Gasteiger partial charge on any atom is 0.416 e. The van der Waals surface area contributed by atoms with Crippen LogP contribution in [0.2, 0.25) is 0 Å². The van der Waals surface area contributed by atoms with E-state index in [9.17, 15) is 31.9 Å². The van der Waals surface area contributed by atoms with Gasteiger partial charge in [-0.25, -0.2) is 13.4 Å². The van der Waals surface area contributed by atoms with Crippen LogP contribution in [0.15, 0.2) is 48.8 Å². The van der Waals surface area contributed by atoms with E-state index in [0.29, 0.717) is 41.5 Å². The molecule has 1 saturated heterocycles.